The van der Waals surface area contributed by atoms with Crippen LogP contribution in [0.3, 0.4) is 0 Å². The number of aryl methyl sites for hydroxylation is 1. The van der Waals surface area contributed by atoms with E-state index in [0.29, 0.717) is 152 Å². The lowest BCUT2D eigenvalue weighted by molar-refractivity contribution is -0.0211. The summed E-state index contributed by atoms with van der Waals surface area (Å²) in [5, 5.41) is 6.33. The maximum atomic E-state index is 14.0. The Balaban J connectivity index is 0.877. The minimum atomic E-state index is -0.389. The van der Waals surface area contributed by atoms with E-state index in [1.807, 2.05) is 30.3 Å². The van der Waals surface area contributed by atoms with Crippen molar-refractivity contribution in [2.24, 2.45) is 0 Å². The molecule has 3 aromatic carbocycles. The number of likely N-dealkylation sites (N-methyl/N-ethyl adjacent to an activating group) is 1. The van der Waals surface area contributed by atoms with Gasteiger partial charge in [-0.15, -0.1) is 0 Å². The zero-order valence-corrected chi connectivity index (χ0v) is 45.0. The second-order valence-corrected chi connectivity index (χ2v) is 18.3. The number of carbonyl (C=O) groups excluding carboxylic acids is 4. The molecule has 19 nitrogen and oxygen atoms in total. The van der Waals surface area contributed by atoms with Gasteiger partial charge < -0.3 is 63.2 Å². The number of ether oxygens (including phenoxy) is 8. The molecule has 19 heteroatoms. The molecule has 0 bridgehead atoms. The molecule has 1 atom stereocenters. The molecule has 0 spiro atoms. The number of pyridine rings is 1. The van der Waals surface area contributed by atoms with Gasteiger partial charge in [0.15, 0.2) is 0 Å². The number of rotatable bonds is 33. The smallest absolute Gasteiger partial charge is 0.409 e. The topological polar surface area (TPSA) is 192 Å². The van der Waals surface area contributed by atoms with Gasteiger partial charge in [0.05, 0.1) is 103 Å². The third-order valence-corrected chi connectivity index (χ3v) is 13.2. The quantitative estimate of drug-likeness (QED) is 0.0511. The number of anilines is 2. The highest BCUT2D eigenvalue weighted by Crippen LogP contribution is 2.33. The molecule has 1 fully saturated rings. The fraction of sp³-hybridized carbons (Fsp3) is 0.526. The average Bonchev–Trinajstić information content (AvgIpc) is 3.46. The van der Waals surface area contributed by atoms with Crippen LogP contribution in [0.2, 0.25) is 0 Å². The van der Waals surface area contributed by atoms with Crippen LogP contribution in [-0.2, 0) is 44.3 Å². The Kier molecular flexibility index (Phi) is 25.9. The predicted octanol–water partition coefficient (Wildman–Crippen LogP) is 6.23. The Labute approximate surface area is 448 Å². The predicted molar refractivity (Wildman–Crippen MR) is 290 cm³/mol. The van der Waals surface area contributed by atoms with Gasteiger partial charge in [-0.3, -0.25) is 24.3 Å². The van der Waals surface area contributed by atoms with Gasteiger partial charge in [0, 0.05) is 101 Å². The number of amides is 4. The van der Waals surface area contributed by atoms with Gasteiger partial charge in [-0.05, 0) is 92.8 Å². The maximum absolute atomic E-state index is 14.0. The first-order chi connectivity index (χ1) is 37.2. The number of methoxy groups -OCH3 is 1. The number of nitrogens with one attached hydrogen (secondary N) is 2. The second-order valence-electron chi connectivity index (χ2n) is 18.3. The lowest BCUT2D eigenvalue weighted by Gasteiger charge is -2.34. The summed E-state index contributed by atoms with van der Waals surface area (Å²) in [5.41, 5.74) is 6.28. The van der Waals surface area contributed by atoms with Gasteiger partial charge in [-0.2, -0.15) is 0 Å². The maximum Gasteiger partial charge on any atom is 0.409 e. The lowest BCUT2D eigenvalue weighted by atomic mass is 9.87. The van der Waals surface area contributed by atoms with Crippen molar-refractivity contribution in [1.29, 1.82) is 0 Å². The van der Waals surface area contributed by atoms with E-state index in [0.717, 1.165) is 43.6 Å². The van der Waals surface area contributed by atoms with E-state index in [1.54, 1.807) is 66.6 Å². The number of piperazine rings is 1. The van der Waals surface area contributed by atoms with Gasteiger partial charge in [0.25, 0.3) is 17.7 Å². The normalized spacial score (nSPS) is 14.5. The minimum absolute atomic E-state index is 0.0773. The van der Waals surface area contributed by atoms with Crippen molar-refractivity contribution in [1.82, 2.24) is 25.0 Å². The van der Waals surface area contributed by atoms with Crippen molar-refractivity contribution in [2.45, 2.75) is 39.2 Å². The molecule has 1 aromatic heterocycles. The monoisotopic (exact) mass is 1050 g/mol. The molecule has 6 rings (SSSR count). The summed E-state index contributed by atoms with van der Waals surface area (Å²) in [7, 11) is 3.38. The van der Waals surface area contributed by atoms with Crippen LogP contribution in [0.4, 0.5) is 16.2 Å². The molecule has 2 aliphatic rings. The van der Waals surface area contributed by atoms with E-state index < -0.39 is 0 Å². The average molecular weight is 1050 g/mol. The molecule has 2 N–H and O–H groups in total. The molecule has 2 heterocycles. The Hall–Kier alpha value is -6.03. The van der Waals surface area contributed by atoms with E-state index in [-0.39, 0.29) is 43.1 Å². The number of carbonyl (C=O) groups is 4. The van der Waals surface area contributed by atoms with Crippen LogP contribution in [0.1, 0.15) is 74.9 Å². The fourth-order valence-corrected chi connectivity index (χ4v) is 8.88. The van der Waals surface area contributed by atoms with E-state index >= 15 is 0 Å². The number of benzene rings is 3. The van der Waals surface area contributed by atoms with Gasteiger partial charge in [-0.1, -0.05) is 30.3 Å². The van der Waals surface area contributed by atoms with Crippen LogP contribution in [0.25, 0.3) is 11.3 Å². The number of hydrogen-bond acceptors (Lipinski definition) is 15. The minimum Gasteiger partial charge on any atom is -0.447 e. The standard InChI is InChI=1S/C57H79N7O12/c1-5-63(6-2)48-17-18-52(50(43-48)53-42-46(19-20-58-53)55(66)59-51-16-10-12-44-11-7-8-15-49(44)51)60-54(65)45-13-9-14-47(41-45)56(67)61(3)21-22-62-23-25-64(26-24-62)57(68)76-40-39-75-38-37-74-36-35-73-34-33-72-32-31-71-30-29-70-28-27-69-4/h7-9,11,13-15,17-20,41-43,51H,5-6,10,12,16,21-40H2,1-4H3,(H,59,66)(H,60,65). The summed E-state index contributed by atoms with van der Waals surface area (Å²) in [4.78, 5) is 66.6. The van der Waals surface area contributed by atoms with Crippen LogP contribution >= 0.6 is 0 Å². The first-order valence-corrected chi connectivity index (χ1v) is 26.7. The third kappa shape index (κ3) is 19.2. The van der Waals surface area contributed by atoms with Crippen molar-refractivity contribution in [3.63, 3.8) is 0 Å². The molecule has 1 unspecified atom stereocenters. The Morgan fingerprint density at radius 3 is 1.91 bits per heavy atom. The number of fused-ring (bicyclic) bond motifs is 1. The number of aromatic nitrogens is 1. The molecule has 4 amide bonds. The van der Waals surface area contributed by atoms with Crippen LogP contribution in [0.5, 0.6) is 0 Å². The highest BCUT2D eigenvalue weighted by Gasteiger charge is 2.25. The van der Waals surface area contributed by atoms with E-state index in [1.165, 1.54) is 5.56 Å². The SMILES string of the molecule is CCN(CC)c1ccc(NC(=O)c2cccc(C(=O)N(C)CCN3CCN(C(=O)OCCOCCOCCOCCOCCOCCOCCOC)CC3)c2)c(-c2cc(C(=O)NC3CCCc4ccccc43)ccn2)c1. The van der Waals surface area contributed by atoms with Gasteiger partial charge >= 0.3 is 6.09 Å². The van der Waals surface area contributed by atoms with Crippen molar-refractivity contribution >= 4 is 35.2 Å². The summed E-state index contributed by atoms with van der Waals surface area (Å²) >= 11 is 0. The first kappa shape index (κ1) is 59.2. The van der Waals surface area contributed by atoms with Gasteiger partial charge in [0.2, 0.25) is 0 Å². The molecule has 4 aromatic rings. The Morgan fingerprint density at radius 2 is 1.26 bits per heavy atom. The molecular formula is C57H79N7O12. The Bertz CT molecular complexity index is 2400. The van der Waals surface area contributed by atoms with Gasteiger partial charge in [-0.25, -0.2) is 4.79 Å². The van der Waals surface area contributed by atoms with Crippen LogP contribution < -0.4 is 15.5 Å². The summed E-state index contributed by atoms with van der Waals surface area (Å²) in [6, 6.07) is 24.2. The third-order valence-electron chi connectivity index (χ3n) is 13.2. The van der Waals surface area contributed by atoms with Crippen molar-refractivity contribution in [3.8, 4) is 11.3 Å². The molecular weight excluding hydrogens is 975 g/mol. The molecule has 1 saturated heterocycles. The van der Waals surface area contributed by atoms with E-state index in [4.69, 9.17) is 37.9 Å². The van der Waals surface area contributed by atoms with Crippen molar-refractivity contribution < 1.29 is 57.1 Å². The van der Waals surface area contributed by atoms with Crippen LogP contribution in [0.15, 0.2) is 85.1 Å². The van der Waals surface area contributed by atoms with Crippen molar-refractivity contribution in [2.75, 3.05) is 169 Å². The van der Waals surface area contributed by atoms with Crippen molar-refractivity contribution in [3.05, 3.63) is 113 Å². The summed E-state index contributed by atoms with van der Waals surface area (Å²) in [6.45, 7) is 15.2. The summed E-state index contributed by atoms with van der Waals surface area (Å²) in [6.07, 6.45) is 4.11. The first-order valence-electron chi connectivity index (χ1n) is 26.7. The lowest BCUT2D eigenvalue weighted by Crippen LogP contribution is -2.50. The fourth-order valence-electron chi connectivity index (χ4n) is 8.88. The van der Waals surface area contributed by atoms with E-state index in [2.05, 4.69) is 51.4 Å². The molecule has 0 saturated carbocycles. The van der Waals surface area contributed by atoms with Gasteiger partial charge in [0.1, 0.15) is 6.61 Å². The zero-order chi connectivity index (χ0) is 53.7. The molecule has 1 aliphatic carbocycles. The molecule has 414 valence electrons. The molecule has 76 heavy (non-hydrogen) atoms. The summed E-state index contributed by atoms with van der Waals surface area (Å²) in [5.74, 6) is -0.792. The Morgan fingerprint density at radius 1 is 0.658 bits per heavy atom. The van der Waals surface area contributed by atoms with Crippen LogP contribution in [-0.4, -0.2) is 203 Å². The molecule has 1 aliphatic heterocycles. The largest absolute Gasteiger partial charge is 0.447 e. The number of hydrogen-bond donors (Lipinski definition) is 2. The van der Waals surface area contributed by atoms with Crippen LogP contribution in [0, 0.1) is 0 Å². The zero-order valence-electron chi connectivity index (χ0n) is 45.0. The molecule has 0 radical (unpaired) electrons. The highest BCUT2D eigenvalue weighted by molar-refractivity contribution is 6.08. The van der Waals surface area contributed by atoms with E-state index in [9.17, 15) is 19.2 Å². The summed E-state index contributed by atoms with van der Waals surface area (Å²) < 4.78 is 43.2. The second kappa shape index (κ2) is 33.2. The highest BCUT2D eigenvalue weighted by atomic mass is 16.6. The number of nitrogens with zero attached hydrogens (tertiary/aromatic N) is 5.